The van der Waals surface area contributed by atoms with Crippen LogP contribution in [0.1, 0.15) is 12.0 Å². The molecule has 1 aliphatic heterocycles. The van der Waals surface area contributed by atoms with E-state index in [2.05, 4.69) is 35.3 Å². The van der Waals surface area contributed by atoms with Crippen molar-refractivity contribution in [2.75, 3.05) is 27.2 Å². The Hall–Kier alpha value is -1.74. The van der Waals surface area contributed by atoms with Crippen molar-refractivity contribution in [1.29, 1.82) is 0 Å². The first-order valence-corrected chi connectivity index (χ1v) is 6.31. The molecule has 3 heteroatoms. The Balaban J connectivity index is 2.15. The number of hydrogen-bond donors (Lipinski definition) is 1. The van der Waals surface area contributed by atoms with Crippen molar-refractivity contribution >= 4 is 16.5 Å². The van der Waals surface area contributed by atoms with E-state index >= 15 is 0 Å². The Morgan fingerprint density at radius 2 is 2.22 bits per heavy atom. The quantitative estimate of drug-likeness (QED) is 0.877. The lowest BCUT2D eigenvalue weighted by atomic mass is 10.0. The molecule has 0 saturated heterocycles. The van der Waals surface area contributed by atoms with Crippen molar-refractivity contribution in [1.82, 2.24) is 9.88 Å². The van der Waals surface area contributed by atoms with E-state index in [1.807, 2.05) is 12.1 Å². The molecule has 0 fully saturated rings. The molecule has 18 heavy (non-hydrogen) atoms. The highest BCUT2D eigenvalue weighted by atomic mass is 16.5. The molecule has 0 amide bonds. The molecule has 0 aliphatic carbocycles. The third-order valence-corrected chi connectivity index (χ3v) is 3.58. The van der Waals surface area contributed by atoms with E-state index in [0.29, 0.717) is 0 Å². The number of nitrogens with zero attached hydrogens (tertiary/aromatic N) is 1. The number of fused-ring (bicyclic) bond motifs is 1. The maximum atomic E-state index is 5.48. The van der Waals surface area contributed by atoms with Crippen LogP contribution >= 0.6 is 0 Å². The molecule has 3 nitrogen and oxygen atoms in total. The lowest BCUT2D eigenvalue weighted by Gasteiger charge is -2.22. The van der Waals surface area contributed by atoms with Gasteiger partial charge in [-0.1, -0.05) is 12.1 Å². The fourth-order valence-corrected chi connectivity index (χ4v) is 2.66. The Bertz CT molecular complexity index is 598. The van der Waals surface area contributed by atoms with Gasteiger partial charge in [0, 0.05) is 35.8 Å². The Labute approximate surface area is 107 Å². The first-order valence-electron chi connectivity index (χ1n) is 6.31. The van der Waals surface area contributed by atoms with Crippen LogP contribution in [0.25, 0.3) is 16.5 Å². The number of benzene rings is 1. The van der Waals surface area contributed by atoms with Crippen molar-refractivity contribution in [2.45, 2.75) is 6.42 Å². The first-order chi connectivity index (χ1) is 8.79. The number of hydrogen-bond acceptors (Lipinski definition) is 2. The Morgan fingerprint density at radius 1 is 1.33 bits per heavy atom. The van der Waals surface area contributed by atoms with Crippen LogP contribution in [0.2, 0.25) is 0 Å². The third kappa shape index (κ3) is 1.81. The smallest absolute Gasteiger partial charge is 0.128 e. The van der Waals surface area contributed by atoms with Gasteiger partial charge in [0.25, 0.3) is 0 Å². The molecule has 2 heterocycles. The van der Waals surface area contributed by atoms with E-state index in [0.717, 1.165) is 30.8 Å². The van der Waals surface area contributed by atoms with Gasteiger partial charge in [-0.3, -0.25) is 0 Å². The van der Waals surface area contributed by atoms with Crippen molar-refractivity contribution < 1.29 is 4.74 Å². The largest absolute Gasteiger partial charge is 0.496 e. The SMILES string of the molecule is COc1cccc2[nH]cc(C3=CCCN(C)C3)c12. The van der Waals surface area contributed by atoms with Gasteiger partial charge in [-0.25, -0.2) is 0 Å². The molecule has 1 aliphatic rings. The number of rotatable bonds is 2. The van der Waals surface area contributed by atoms with Crippen molar-refractivity contribution in [3.63, 3.8) is 0 Å². The van der Waals surface area contributed by atoms with Crippen LogP contribution in [0.15, 0.2) is 30.5 Å². The van der Waals surface area contributed by atoms with Crippen LogP contribution < -0.4 is 4.74 Å². The summed E-state index contributed by atoms with van der Waals surface area (Å²) in [5.74, 6) is 0.942. The normalized spacial score (nSPS) is 16.9. The summed E-state index contributed by atoms with van der Waals surface area (Å²) in [7, 11) is 3.89. The van der Waals surface area contributed by atoms with Gasteiger partial charge in [-0.15, -0.1) is 0 Å². The summed E-state index contributed by atoms with van der Waals surface area (Å²) in [6.45, 7) is 2.15. The van der Waals surface area contributed by atoms with Crippen LogP contribution in [0.3, 0.4) is 0 Å². The number of H-pyrrole nitrogens is 1. The van der Waals surface area contributed by atoms with Gasteiger partial charge in [0.2, 0.25) is 0 Å². The van der Waals surface area contributed by atoms with Crippen LogP contribution in [0, 0.1) is 0 Å². The molecule has 0 radical (unpaired) electrons. The van der Waals surface area contributed by atoms with E-state index in [4.69, 9.17) is 4.74 Å². The van der Waals surface area contributed by atoms with E-state index in [-0.39, 0.29) is 0 Å². The topological polar surface area (TPSA) is 28.3 Å². The molecule has 2 aromatic rings. The molecule has 3 rings (SSSR count). The Kier molecular flexibility index (Phi) is 2.84. The van der Waals surface area contributed by atoms with Gasteiger partial charge in [0.15, 0.2) is 0 Å². The predicted octanol–water partition coefficient (Wildman–Crippen LogP) is 2.90. The Morgan fingerprint density at radius 3 is 3.00 bits per heavy atom. The van der Waals surface area contributed by atoms with Crippen LogP contribution in [0.5, 0.6) is 5.75 Å². The molecule has 0 spiro atoms. The maximum Gasteiger partial charge on any atom is 0.128 e. The number of aromatic amines is 1. The van der Waals surface area contributed by atoms with E-state index < -0.39 is 0 Å². The summed E-state index contributed by atoms with van der Waals surface area (Å²) >= 11 is 0. The number of ether oxygens (including phenoxy) is 1. The van der Waals surface area contributed by atoms with Crippen LogP contribution in [0.4, 0.5) is 0 Å². The van der Waals surface area contributed by atoms with Gasteiger partial charge in [-0.05, 0) is 31.2 Å². The number of methoxy groups -OCH3 is 1. The van der Waals surface area contributed by atoms with Crippen LogP contribution in [-0.4, -0.2) is 37.1 Å². The second-order valence-corrected chi connectivity index (χ2v) is 4.84. The molecule has 1 aromatic heterocycles. The fourth-order valence-electron chi connectivity index (χ4n) is 2.66. The molecule has 0 bridgehead atoms. The zero-order valence-electron chi connectivity index (χ0n) is 10.9. The highest BCUT2D eigenvalue weighted by Gasteiger charge is 2.16. The molecule has 1 N–H and O–H groups in total. The van der Waals surface area contributed by atoms with Crippen molar-refractivity contribution in [3.8, 4) is 5.75 Å². The number of nitrogens with one attached hydrogen (secondary N) is 1. The average Bonchev–Trinajstić information content (AvgIpc) is 2.82. The van der Waals surface area contributed by atoms with E-state index in [1.54, 1.807) is 7.11 Å². The summed E-state index contributed by atoms with van der Waals surface area (Å²) in [6.07, 6.45) is 5.56. The minimum atomic E-state index is 0.942. The van der Waals surface area contributed by atoms with Gasteiger partial charge in [0.1, 0.15) is 5.75 Å². The summed E-state index contributed by atoms with van der Waals surface area (Å²) in [4.78, 5) is 5.69. The predicted molar refractivity (Wildman–Crippen MR) is 74.9 cm³/mol. The highest BCUT2D eigenvalue weighted by molar-refractivity contribution is 5.97. The molecular formula is C15H18N2O. The second-order valence-electron chi connectivity index (χ2n) is 4.84. The molecule has 1 aromatic carbocycles. The summed E-state index contributed by atoms with van der Waals surface area (Å²) in [5.41, 5.74) is 3.80. The van der Waals surface area contributed by atoms with Crippen LogP contribution in [-0.2, 0) is 0 Å². The zero-order valence-corrected chi connectivity index (χ0v) is 10.9. The standard InChI is InChI=1S/C15H18N2O/c1-17-8-4-5-11(10-17)12-9-16-13-6-3-7-14(18-2)15(12)13/h3,5-7,9,16H,4,8,10H2,1-2H3. The summed E-state index contributed by atoms with van der Waals surface area (Å²) < 4.78 is 5.48. The summed E-state index contributed by atoms with van der Waals surface area (Å²) in [5, 5.41) is 1.20. The number of aromatic nitrogens is 1. The first kappa shape index (κ1) is 11.4. The lowest BCUT2D eigenvalue weighted by Crippen LogP contribution is -2.24. The minimum Gasteiger partial charge on any atom is -0.496 e. The minimum absolute atomic E-state index is 0.942. The van der Waals surface area contributed by atoms with Gasteiger partial charge in [-0.2, -0.15) is 0 Å². The molecule has 94 valence electrons. The fraction of sp³-hybridized carbons (Fsp3) is 0.333. The van der Waals surface area contributed by atoms with Gasteiger partial charge in [0.05, 0.1) is 7.11 Å². The van der Waals surface area contributed by atoms with Crippen molar-refractivity contribution in [2.24, 2.45) is 0 Å². The van der Waals surface area contributed by atoms with Gasteiger partial charge < -0.3 is 14.6 Å². The molecule has 0 saturated carbocycles. The van der Waals surface area contributed by atoms with E-state index in [9.17, 15) is 0 Å². The highest BCUT2D eigenvalue weighted by Crippen LogP contribution is 2.33. The average molecular weight is 242 g/mol. The monoisotopic (exact) mass is 242 g/mol. The maximum absolute atomic E-state index is 5.48. The lowest BCUT2D eigenvalue weighted by molar-refractivity contribution is 0.373. The third-order valence-electron chi connectivity index (χ3n) is 3.58. The number of likely N-dealkylation sites (N-methyl/N-ethyl adjacent to an activating group) is 1. The van der Waals surface area contributed by atoms with E-state index in [1.165, 1.54) is 16.5 Å². The van der Waals surface area contributed by atoms with Crippen molar-refractivity contribution in [3.05, 3.63) is 36.0 Å². The molecule has 0 atom stereocenters. The second kappa shape index (κ2) is 4.50. The molecule has 0 unspecified atom stereocenters. The summed E-state index contributed by atoms with van der Waals surface area (Å²) in [6, 6.07) is 6.13. The molecular weight excluding hydrogens is 224 g/mol. The zero-order chi connectivity index (χ0) is 12.5. The van der Waals surface area contributed by atoms with Gasteiger partial charge >= 0.3 is 0 Å².